The van der Waals surface area contributed by atoms with Crippen LogP contribution >= 0.6 is 0 Å². The summed E-state index contributed by atoms with van der Waals surface area (Å²) in [5.74, 6) is 0.135. The molecular formula is C20H22N4O. The van der Waals surface area contributed by atoms with Crippen LogP contribution in [0.5, 0.6) is 0 Å². The number of piperazine rings is 1. The van der Waals surface area contributed by atoms with Crippen molar-refractivity contribution < 1.29 is 4.79 Å². The Kier molecular flexibility index (Phi) is 4.24. The average molecular weight is 334 g/mol. The van der Waals surface area contributed by atoms with Gasteiger partial charge in [-0.3, -0.25) is 9.69 Å². The van der Waals surface area contributed by atoms with Crippen LogP contribution in [0, 0.1) is 6.92 Å². The van der Waals surface area contributed by atoms with Crippen molar-refractivity contribution >= 4 is 11.4 Å². The molecule has 1 fully saturated rings. The number of amides is 1. The van der Waals surface area contributed by atoms with Crippen LogP contribution in [0.1, 0.15) is 21.6 Å². The Hall–Kier alpha value is -2.66. The normalized spacial score (nSPS) is 15.6. The average Bonchev–Trinajstić information content (AvgIpc) is 3.04. The predicted octanol–water partition coefficient (Wildman–Crippen LogP) is 2.60. The first-order valence-corrected chi connectivity index (χ1v) is 8.71. The summed E-state index contributed by atoms with van der Waals surface area (Å²) in [5, 5.41) is 4.61. The minimum absolute atomic E-state index is 0.135. The molecule has 0 saturated carbocycles. The molecule has 1 aliphatic rings. The zero-order valence-corrected chi connectivity index (χ0v) is 14.4. The molecule has 1 saturated heterocycles. The monoisotopic (exact) mass is 334 g/mol. The molecule has 1 aliphatic heterocycles. The second-order valence-electron chi connectivity index (χ2n) is 6.64. The molecule has 0 N–H and O–H groups in total. The van der Waals surface area contributed by atoms with Crippen LogP contribution < -0.4 is 0 Å². The lowest BCUT2D eigenvalue weighted by molar-refractivity contribution is 0.0627. The molecule has 5 nitrogen and oxygen atoms in total. The van der Waals surface area contributed by atoms with Crippen molar-refractivity contribution in [1.82, 2.24) is 19.4 Å². The molecule has 3 aromatic rings. The number of aryl methyl sites for hydroxylation is 1. The molecule has 128 valence electrons. The number of hydrogen-bond donors (Lipinski definition) is 0. The van der Waals surface area contributed by atoms with Crippen LogP contribution in [0.25, 0.3) is 5.52 Å². The van der Waals surface area contributed by atoms with Gasteiger partial charge in [0, 0.05) is 44.5 Å². The van der Waals surface area contributed by atoms with E-state index in [1.54, 1.807) is 0 Å². The molecule has 0 spiro atoms. The van der Waals surface area contributed by atoms with Gasteiger partial charge in [0.15, 0.2) is 0 Å². The molecule has 0 aliphatic carbocycles. The smallest absolute Gasteiger partial charge is 0.253 e. The number of benzene rings is 1. The second-order valence-corrected chi connectivity index (χ2v) is 6.64. The number of carbonyl (C=O) groups is 1. The van der Waals surface area contributed by atoms with Crippen molar-refractivity contribution in [2.24, 2.45) is 0 Å². The van der Waals surface area contributed by atoms with Crippen LogP contribution in [0.15, 0.2) is 54.7 Å². The van der Waals surface area contributed by atoms with Crippen molar-refractivity contribution in [2.75, 3.05) is 26.2 Å². The van der Waals surface area contributed by atoms with Crippen molar-refractivity contribution in [2.45, 2.75) is 13.5 Å². The first-order chi connectivity index (χ1) is 12.2. The summed E-state index contributed by atoms with van der Waals surface area (Å²) in [6.07, 6.45) is 1.97. The summed E-state index contributed by atoms with van der Waals surface area (Å²) in [7, 11) is 0. The molecule has 1 aromatic carbocycles. The Balaban J connectivity index is 1.37. The molecule has 25 heavy (non-hydrogen) atoms. The summed E-state index contributed by atoms with van der Waals surface area (Å²) in [5.41, 5.74) is 4.10. The Morgan fingerprint density at radius 1 is 1.04 bits per heavy atom. The van der Waals surface area contributed by atoms with Gasteiger partial charge in [-0.1, -0.05) is 23.8 Å². The van der Waals surface area contributed by atoms with Crippen molar-refractivity contribution in [3.8, 4) is 0 Å². The van der Waals surface area contributed by atoms with Gasteiger partial charge in [-0.2, -0.15) is 5.10 Å². The molecule has 4 rings (SSSR count). The van der Waals surface area contributed by atoms with Gasteiger partial charge in [-0.05, 0) is 37.3 Å². The lowest BCUT2D eigenvalue weighted by Crippen LogP contribution is -2.48. The number of rotatable bonds is 3. The highest BCUT2D eigenvalue weighted by Gasteiger charge is 2.22. The van der Waals surface area contributed by atoms with Gasteiger partial charge in [0.2, 0.25) is 0 Å². The van der Waals surface area contributed by atoms with Crippen molar-refractivity contribution in [1.29, 1.82) is 0 Å². The zero-order chi connectivity index (χ0) is 17.2. The Morgan fingerprint density at radius 3 is 2.64 bits per heavy atom. The largest absolute Gasteiger partial charge is 0.336 e. The maximum absolute atomic E-state index is 12.6. The molecular weight excluding hydrogens is 312 g/mol. The third kappa shape index (κ3) is 3.42. The quantitative estimate of drug-likeness (QED) is 0.739. The van der Waals surface area contributed by atoms with E-state index < -0.39 is 0 Å². The van der Waals surface area contributed by atoms with Crippen molar-refractivity contribution in [3.63, 3.8) is 0 Å². The highest BCUT2D eigenvalue weighted by Crippen LogP contribution is 2.13. The van der Waals surface area contributed by atoms with E-state index >= 15 is 0 Å². The fourth-order valence-electron chi connectivity index (χ4n) is 3.37. The standard InChI is InChI=1S/C20H22N4O/c1-16-5-4-6-17(13-16)20(25)23-11-9-22(10-12-23)15-18-14-19-7-2-3-8-24(19)21-18/h2-8,13-14H,9-12,15H2,1H3. The molecule has 0 radical (unpaired) electrons. The number of nitrogens with zero attached hydrogens (tertiary/aromatic N) is 4. The summed E-state index contributed by atoms with van der Waals surface area (Å²) in [6.45, 7) is 6.13. The molecule has 5 heteroatoms. The predicted molar refractivity (Wildman–Crippen MR) is 97.6 cm³/mol. The maximum atomic E-state index is 12.6. The minimum atomic E-state index is 0.135. The van der Waals surface area contributed by atoms with E-state index in [-0.39, 0.29) is 5.91 Å². The topological polar surface area (TPSA) is 40.9 Å². The molecule has 2 aromatic heterocycles. The van der Waals surface area contributed by atoms with E-state index in [4.69, 9.17) is 0 Å². The number of aromatic nitrogens is 2. The van der Waals surface area contributed by atoms with Crippen LogP contribution in [-0.2, 0) is 6.54 Å². The van der Waals surface area contributed by atoms with Crippen LogP contribution in [0.2, 0.25) is 0 Å². The van der Waals surface area contributed by atoms with Gasteiger partial charge in [0.1, 0.15) is 0 Å². The van der Waals surface area contributed by atoms with Crippen LogP contribution in [0.4, 0.5) is 0 Å². The van der Waals surface area contributed by atoms with E-state index in [1.807, 2.05) is 58.9 Å². The van der Waals surface area contributed by atoms with E-state index in [2.05, 4.69) is 22.1 Å². The number of fused-ring (bicyclic) bond motifs is 1. The van der Waals surface area contributed by atoms with Crippen LogP contribution in [0.3, 0.4) is 0 Å². The summed E-state index contributed by atoms with van der Waals surface area (Å²) >= 11 is 0. The molecule has 0 atom stereocenters. The van der Waals surface area contributed by atoms with Gasteiger partial charge in [-0.15, -0.1) is 0 Å². The maximum Gasteiger partial charge on any atom is 0.253 e. The van der Waals surface area contributed by atoms with Gasteiger partial charge in [0.05, 0.1) is 11.2 Å². The lowest BCUT2D eigenvalue weighted by Gasteiger charge is -2.34. The van der Waals surface area contributed by atoms with Gasteiger partial charge in [-0.25, -0.2) is 4.52 Å². The minimum Gasteiger partial charge on any atom is -0.336 e. The molecule has 0 unspecified atom stereocenters. The number of hydrogen-bond acceptors (Lipinski definition) is 3. The Bertz CT molecular complexity index is 860. The third-order valence-electron chi connectivity index (χ3n) is 4.73. The second kappa shape index (κ2) is 6.69. The summed E-state index contributed by atoms with van der Waals surface area (Å²) < 4.78 is 1.91. The number of pyridine rings is 1. The highest BCUT2D eigenvalue weighted by atomic mass is 16.2. The summed E-state index contributed by atoms with van der Waals surface area (Å²) in [4.78, 5) is 16.9. The fourth-order valence-corrected chi connectivity index (χ4v) is 3.37. The first-order valence-electron chi connectivity index (χ1n) is 8.71. The fraction of sp³-hybridized carbons (Fsp3) is 0.300. The lowest BCUT2D eigenvalue weighted by atomic mass is 10.1. The van der Waals surface area contributed by atoms with E-state index in [0.717, 1.165) is 55.1 Å². The SMILES string of the molecule is Cc1cccc(C(=O)N2CCN(Cc3cc4ccccn4n3)CC2)c1. The molecule has 1 amide bonds. The van der Waals surface area contributed by atoms with Gasteiger partial charge < -0.3 is 4.90 Å². The van der Waals surface area contributed by atoms with Gasteiger partial charge in [0.25, 0.3) is 5.91 Å². The van der Waals surface area contributed by atoms with E-state index in [9.17, 15) is 4.79 Å². The van der Waals surface area contributed by atoms with Gasteiger partial charge >= 0.3 is 0 Å². The Labute approximate surface area is 147 Å². The molecule has 0 bridgehead atoms. The third-order valence-corrected chi connectivity index (χ3v) is 4.73. The zero-order valence-electron chi connectivity index (χ0n) is 14.4. The van der Waals surface area contributed by atoms with Crippen molar-refractivity contribution in [3.05, 3.63) is 71.5 Å². The highest BCUT2D eigenvalue weighted by molar-refractivity contribution is 5.94. The number of carbonyl (C=O) groups excluding carboxylic acids is 1. The summed E-state index contributed by atoms with van der Waals surface area (Å²) in [6, 6.07) is 16.0. The molecule has 3 heterocycles. The Morgan fingerprint density at radius 2 is 1.88 bits per heavy atom. The van der Waals surface area contributed by atoms with E-state index in [1.165, 1.54) is 0 Å². The first kappa shape index (κ1) is 15.8. The van der Waals surface area contributed by atoms with E-state index in [0.29, 0.717) is 0 Å². The van der Waals surface area contributed by atoms with Crippen LogP contribution in [-0.4, -0.2) is 51.5 Å².